The summed E-state index contributed by atoms with van der Waals surface area (Å²) < 4.78 is 26.7. The fourth-order valence-electron chi connectivity index (χ4n) is 1.81. The summed E-state index contributed by atoms with van der Waals surface area (Å²) in [5.74, 6) is 0. The largest absolute Gasteiger partial charge is 0.398 e. The second kappa shape index (κ2) is 6.28. The Morgan fingerprint density at radius 1 is 1.45 bits per heavy atom. The summed E-state index contributed by atoms with van der Waals surface area (Å²) in [4.78, 5) is 1.67. The molecule has 1 atom stereocenters. The Bertz CT molecular complexity index is 573. The van der Waals surface area contributed by atoms with Crippen molar-refractivity contribution in [3.8, 4) is 0 Å². The third kappa shape index (κ3) is 4.92. The molecule has 8 heteroatoms. The van der Waals surface area contributed by atoms with Crippen LogP contribution in [0.4, 0.5) is 5.69 Å². The summed E-state index contributed by atoms with van der Waals surface area (Å²) >= 11 is 5.78. The molecule has 0 radical (unpaired) electrons. The highest BCUT2D eigenvalue weighted by Gasteiger charge is 2.26. The minimum absolute atomic E-state index is 0.0920. The van der Waals surface area contributed by atoms with Crippen molar-refractivity contribution in [1.29, 1.82) is 0 Å². The summed E-state index contributed by atoms with van der Waals surface area (Å²) in [6.45, 7) is 1.75. The first-order valence-corrected chi connectivity index (χ1v) is 7.81. The zero-order chi connectivity index (χ0) is 15.6. The first-order valence-electron chi connectivity index (χ1n) is 5.95. The maximum atomic E-state index is 12.2. The number of nitrogens with one attached hydrogen (secondary N) is 1. The molecular weight excluding hydrogens is 302 g/mol. The molecule has 0 saturated carbocycles. The lowest BCUT2D eigenvalue weighted by Crippen LogP contribution is -2.47. The van der Waals surface area contributed by atoms with Gasteiger partial charge in [0.05, 0.1) is 11.3 Å². The SMILES string of the molecule is CN(C)CC(C)(O)CNS(=O)(=O)c1cc(Cl)ccc1N. The molecule has 4 N–H and O–H groups in total. The zero-order valence-electron chi connectivity index (χ0n) is 11.7. The van der Waals surface area contributed by atoms with Gasteiger partial charge in [0.25, 0.3) is 0 Å². The number of anilines is 1. The lowest BCUT2D eigenvalue weighted by atomic mass is 10.1. The van der Waals surface area contributed by atoms with Gasteiger partial charge >= 0.3 is 0 Å². The van der Waals surface area contributed by atoms with E-state index in [0.717, 1.165) is 0 Å². The second-order valence-electron chi connectivity index (χ2n) is 5.24. The van der Waals surface area contributed by atoms with E-state index in [2.05, 4.69) is 4.72 Å². The standard InChI is InChI=1S/C12H20ClN3O3S/c1-12(17,8-16(2)3)7-15-20(18,19)11-6-9(13)4-5-10(11)14/h4-6,15,17H,7-8,14H2,1-3H3. The monoisotopic (exact) mass is 321 g/mol. The van der Waals surface area contributed by atoms with Gasteiger partial charge in [0, 0.05) is 18.1 Å². The van der Waals surface area contributed by atoms with Crippen LogP contribution in [-0.2, 0) is 10.0 Å². The molecule has 0 aromatic heterocycles. The maximum Gasteiger partial charge on any atom is 0.242 e. The summed E-state index contributed by atoms with van der Waals surface area (Å²) in [6.07, 6.45) is 0. The Kier molecular flexibility index (Phi) is 5.39. The lowest BCUT2D eigenvalue weighted by molar-refractivity contribution is 0.0386. The zero-order valence-corrected chi connectivity index (χ0v) is 13.3. The Balaban J connectivity index is 2.88. The molecule has 0 saturated heterocycles. The van der Waals surface area contributed by atoms with Gasteiger partial charge in [0.2, 0.25) is 10.0 Å². The fourth-order valence-corrected chi connectivity index (χ4v) is 3.36. The highest BCUT2D eigenvalue weighted by Crippen LogP contribution is 2.22. The van der Waals surface area contributed by atoms with Crippen LogP contribution >= 0.6 is 11.6 Å². The van der Waals surface area contributed by atoms with Gasteiger partial charge in [-0.2, -0.15) is 0 Å². The van der Waals surface area contributed by atoms with Gasteiger partial charge < -0.3 is 15.7 Å². The Morgan fingerprint density at radius 3 is 2.60 bits per heavy atom. The van der Waals surface area contributed by atoms with Crippen LogP contribution < -0.4 is 10.5 Å². The quantitative estimate of drug-likeness (QED) is 0.664. The van der Waals surface area contributed by atoms with Gasteiger partial charge in [-0.25, -0.2) is 13.1 Å². The molecule has 20 heavy (non-hydrogen) atoms. The molecule has 0 aliphatic heterocycles. The predicted molar refractivity (Wildman–Crippen MR) is 80.2 cm³/mol. The molecule has 114 valence electrons. The smallest absolute Gasteiger partial charge is 0.242 e. The second-order valence-corrected chi connectivity index (χ2v) is 7.41. The number of aliphatic hydroxyl groups is 1. The van der Waals surface area contributed by atoms with Crippen molar-refractivity contribution >= 4 is 27.3 Å². The van der Waals surface area contributed by atoms with E-state index < -0.39 is 15.6 Å². The summed E-state index contributed by atoms with van der Waals surface area (Å²) in [7, 11) is -0.241. The number of benzene rings is 1. The molecule has 0 spiro atoms. The molecular formula is C12H20ClN3O3S. The van der Waals surface area contributed by atoms with Crippen LogP contribution in [0.5, 0.6) is 0 Å². The minimum atomic E-state index is -3.82. The average Bonchev–Trinajstić information content (AvgIpc) is 2.28. The van der Waals surface area contributed by atoms with E-state index in [0.29, 0.717) is 6.54 Å². The van der Waals surface area contributed by atoms with Crippen LogP contribution in [0.3, 0.4) is 0 Å². The van der Waals surface area contributed by atoms with E-state index in [4.69, 9.17) is 17.3 Å². The van der Waals surface area contributed by atoms with E-state index in [1.54, 1.807) is 25.9 Å². The number of likely N-dealkylation sites (N-methyl/N-ethyl adjacent to an activating group) is 1. The molecule has 0 bridgehead atoms. The maximum absolute atomic E-state index is 12.2. The molecule has 0 aliphatic carbocycles. The molecule has 0 heterocycles. The van der Waals surface area contributed by atoms with E-state index in [-0.39, 0.29) is 22.2 Å². The van der Waals surface area contributed by atoms with Crippen LogP contribution in [-0.4, -0.2) is 51.2 Å². The molecule has 0 fully saturated rings. The van der Waals surface area contributed by atoms with E-state index in [9.17, 15) is 13.5 Å². The number of halogens is 1. The normalized spacial score (nSPS) is 15.3. The highest BCUT2D eigenvalue weighted by molar-refractivity contribution is 7.89. The van der Waals surface area contributed by atoms with Crippen LogP contribution in [0.1, 0.15) is 6.92 Å². The van der Waals surface area contributed by atoms with E-state index in [1.807, 2.05) is 0 Å². The number of nitrogen functional groups attached to an aromatic ring is 1. The van der Waals surface area contributed by atoms with Crippen LogP contribution in [0, 0.1) is 0 Å². The summed E-state index contributed by atoms with van der Waals surface area (Å²) in [5, 5.41) is 10.4. The van der Waals surface area contributed by atoms with Gasteiger partial charge in [-0.15, -0.1) is 0 Å². The van der Waals surface area contributed by atoms with Crippen molar-refractivity contribution in [2.75, 3.05) is 32.9 Å². The number of nitrogens with two attached hydrogens (primary N) is 1. The van der Waals surface area contributed by atoms with Gasteiger partial charge in [-0.1, -0.05) is 11.6 Å². The molecule has 1 rings (SSSR count). The van der Waals surface area contributed by atoms with E-state index in [1.165, 1.54) is 18.2 Å². The van der Waals surface area contributed by atoms with Gasteiger partial charge in [-0.3, -0.25) is 0 Å². The number of sulfonamides is 1. The molecule has 6 nitrogen and oxygen atoms in total. The topological polar surface area (TPSA) is 95.7 Å². The highest BCUT2D eigenvalue weighted by atomic mass is 35.5. The summed E-state index contributed by atoms with van der Waals surface area (Å²) in [6, 6.07) is 4.22. The first kappa shape index (κ1) is 17.2. The van der Waals surface area contributed by atoms with Crippen LogP contribution in [0.25, 0.3) is 0 Å². The van der Waals surface area contributed by atoms with Crippen molar-refractivity contribution in [3.63, 3.8) is 0 Å². The molecule has 1 aromatic rings. The van der Waals surface area contributed by atoms with Gasteiger partial charge in [0.1, 0.15) is 4.90 Å². The Morgan fingerprint density at radius 2 is 2.05 bits per heavy atom. The van der Waals surface area contributed by atoms with Gasteiger partial charge in [0.15, 0.2) is 0 Å². The fraction of sp³-hybridized carbons (Fsp3) is 0.500. The van der Waals surface area contributed by atoms with Crippen molar-refractivity contribution in [2.24, 2.45) is 0 Å². The number of rotatable bonds is 6. The third-order valence-electron chi connectivity index (χ3n) is 2.57. The van der Waals surface area contributed by atoms with E-state index >= 15 is 0 Å². The predicted octanol–water partition coefficient (Wildman–Crippen LogP) is 0.513. The third-order valence-corrected chi connectivity index (χ3v) is 4.26. The van der Waals surface area contributed by atoms with Crippen LogP contribution in [0.2, 0.25) is 5.02 Å². The molecule has 1 aromatic carbocycles. The van der Waals surface area contributed by atoms with Crippen LogP contribution in [0.15, 0.2) is 23.1 Å². The number of nitrogens with zero attached hydrogens (tertiary/aromatic N) is 1. The lowest BCUT2D eigenvalue weighted by Gasteiger charge is -2.27. The average molecular weight is 322 g/mol. The number of hydrogen-bond acceptors (Lipinski definition) is 5. The Labute approximate surface area is 124 Å². The minimum Gasteiger partial charge on any atom is -0.398 e. The molecule has 0 aliphatic rings. The summed E-state index contributed by atoms with van der Waals surface area (Å²) in [5.41, 5.74) is 4.56. The van der Waals surface area contributed by atoms with Crippen molar-refractivity contribution in [1.82, 2.24) is 9.62 Å². The molecule has 1 unspecified atom stereocenters. The van der Waals surface area contributed by atoms with Crippen molar-refractivity contribution in [3.05, 3.63) is 23.2 Å². The molecule has 0 amide bonds. The van der Waals surface area contributed by atoms with Crippen molar-refractivity contribution < 1.29 is 13.5 Å². The van der Waals surface area contributed by atoms with Gasteiger partial charge in [-0.05, 0) is 39.2 Å². The Hall–Kier alpha value is -0.860. The number of hydrogen-bond donors (Lipinski definition) is 3. The first-order chi connectivity index (χ1) is 9.03. The van der Waals surface area contributed by atoms with Crippen molar-refractivity contribution in [2.45, 2.75) is 17.4 Å².